The van der Waals surface area contributed by atoms with E-state index in [0.717, 1.165) is 36.8 Å². The number of azide groups is 1. The van der Waals surface area contributed by atoms with Crippen molar-refractivity contribution in [1.82, 2.24) is 19.1 Å². The minimum atomic E-state index is -0.878. The molecule has 0 amide bonds. The van der Waals surface area contributed by atoms with Crippen LogP contribution in [0.2, 0.25) is 0 Å². The van der Waals surface area contributed by atoms with Crippen molar-refractivity contribution in [2.75, 3.05) is 0 Å². The average Bonchev–Trinajstić information content (AvgIpc) is 3.70. The van der Waals surface area contributed by atoms with E-state index >= 15 is 0 Å². The van der Waals surface area contributed by atoms with E-state index in [-0.39, 0.29) is 47.1 Å². The number of nitrogens with zero attached hydrogens (tertiary/aromatic N) is 8. The van der Waals surface area contributed by atoms with Gasteiger partial charge in [-0.1, -0.05) is 113 Å². The van der Waals surface area contributed by atoms with Crippen LogP contribution in [0.5, 0.6) is 0 Å². The normalized spacial score (nSPS) is 24.9. The zero-order valence-corrected chi connectivity index (χ0v) is 38.9. The molecule has 2 aliphatic rings. The first kappa shape index (κ1) is 51.6. The fourth-order valence-corrected chi connectivity index (χ4v) is 8.39. The zero-order chi connectivity index (χ0) is 44.7. The average molecular weight is 865 g/mol. The third-order valence-electron chi connectivity index (χ3n) is 11.4. The molecule has 62 heavy (non-hydrogen) atoms. The third kappa shape index (κ3) is 12.0. The topological polar surface area (TPSA) is 254 Å². The molecule has 2 unspecified atom stereocenters. The van der Waals surface area contributed by atoms with Crippen molar-refractivity contribution < 1.29 is 48.5 Å². The summed E-state index contributed by atoms with van der Waals surface area (Å²) in [6.07, 6.45) is 5.69. The van der Waals surface area contributed by atoms with Gasteiger partial charge in [-0.15, -0.1) is 0 Å². The van der Waals surface area contributed by atoms with E-state index < -0.39 is 52.7 Å². The molecule has 2 fully saturated rings. The standard InChI is InChI=1S/C22H30N2O4.C21H27N5O4.N3.Na/c1-5-12-22(6-2)18(27-14-17-10-8-7-9-11-17)16(4)20(28-22)24-13-15(3)19(25)23-21(24)26;1-4-11-21(5-2)17(29-13-15-9-7-6-8-10-15)16(24-25-22)19(30-21)26-12-14(3)18(27)23-20(26)28;1-3-2;/h7-11,13,16,18,20H,5-6,12,14H2,1-4H3,(H,23,25,26);6-10,12,16-17,19H,4-5,11,13H2,1-3H3,(H,23,27,28);;/q;;-1;+1/t16-,18?,20-,22+;16-,17?,19+,21-;;/m10../s1. The number of aromatic amines is 2. The van der Waals surface area contributed by atoms with Gasteiger partial charge >= 0.3 is 40.9 Å². The van der Waals surface area contributed by atoms with Crippen molar-refractivity contribution in [3.05, 3.63) is 163 Å². The maximum Gasteiger partial charge on any atom is 1.00 e. The van der Waals surface area contributed by atoms with Gasteiger partial charge in [-0.25, -0.2) is 9.59 Å². The van der Waals surface area contributed by atoms with E-state index in [1.807, 2.05) is 74.5 Å². The zero-order valence-electron chi connectivity index (χ0n) is 36.9. The van der Waals surface area contributed by atoms with E-state index in [1.54, 1.807) is 20.0 Å². The smallest absolute Gasteiger partial charge is 0.373 e. The molecule has 2 aromatic carbocycles. The Hall–Kier alpha value is -4.74. The van der Waals surface area contributed by atoms with Gasteiger partial charge in [-0.2, -0.15) is 0 Å². The number of hydrogen-bond donors (Lipinski definition) is 2. The first-order valence-electron chi connectivity index (χ1n) is 20.6. The fourth-order valence-electron chi connectivity index (χ4n) is 8.39. The van der Waals surface area contributed by atoms with E-state index in [9.17, 15) is 24.7 Å². The molecule has 18 nitrogen and oxygen atoms in total. The number of nitrogens with one attached hydrogen (secondary N) is 2. The van der Waals surface area contributed by atoms with Crippen molar-refractivity contribution in [2.24, 2.45) is 11.0 Å². The molecule has 2 aliphatic heterocycles. The Morgan fingerprint density at radius 3 is 1.52 bits per heavy atom. The molecule has 6 rings (SSSR count). The number of ether oxygens (including phenoxy) is 4. The summed E-state index contributed by atoms with van der Waals surface area (Å²) in [7, 11) is 0. The molecule has 2 aromatic heterocycles. The largest absolute Gasteiger partial charge is 1.00 e. The van der Waals surface area contributed by atoms with Crippen molar-refractivity contribution in [2.45, 2.75) is 142 Å². The molecular formula is C43H57N10NaO8. The molecule has 2 saturated heterocycles. The van der Waals surface area contributed by atoms with Crippen LogP contribution in [0.4, 0.5) is 0 Å². The van der Waals surface area contributed by atoms with Crippen LogP contribution in [0, 0.1) is 19.8 Å². The van der Waals surface area contributed by atoms with Gasteiger partial charge in [-0.05, 0) is 56.2 Å². The van der Waals surface area contributed by atoms with E-state index in [4.69, 9.17) is 30.0 Å². The molecule has 0 bridgehead atoms. The number of benzene rings is 2. The molecule has 4 aromatic rings. The Bertz CT molecular complexity index is 2360. The number of aryl methyl sites for hydroxylation is 2. The van der Waals surface area contributed by atoms with Crippen LogP contribution in [0.1, 0.15) is 108 Å². The minimum Gasteiger partial charge on any atom is -0.373 e. The fraction of sp³-hybridized carbons (Fsp3) is 0.535. The van der Waals surface area contributed by atoms with Crippen molar-refractivity contribution in [1.29, 1.82) is 0 Å². The van der Waals surface area contributed by atoms with Crippen LogP contribution >= 0.6 is 0 Å². The summed E-state index contributed by atoms with van der Waals surface area (Å²) in [5.74, 6) is -0.0433. The van der Waals surface area contributed by atoms with Crippen LogP contribution in [-0.4, -0.2) is 48.6 Å². The molecule has 2 N–H and O–H groups in total. The van der Waals surface area contributed by atoms with Crippen LogP contribution in [-0.2, 0) is 32.2 Å². The van der Waals surface area contributed by atoms with Crippen LogP contribution in [0.15, 0.2) is 97.3 Å². The summed E-state index contributed by atoms with van der Waals surface area (Å²) in [5, 5.41) is 3.97. The van der Waals surface area contributed by atoms with E-state index in [1.165, 1.54) is 20.2 Å². The van der Waals surface area contributed by atoms with Gasteiger partial charge in [0.25, 0.3) is 11.1 Å². The summed E-state index contributed by atoms with van der Waals surface area (Å²) in [6, 6.07) is 19.0. The molecule has 0 spiro atoms. The Morgan fingerprint density at radius 1 is 0.694 bits per heavy atom. The Morgan fingerprint density at radius 2 is 1.10 bits per heavy atom. The maximum absolute atomic E-state index is 12.5. The van der Waals surface area contributed by atoms with Gasteiger partial charge in [0.2, 0.25) is 0 Å². The second-order valence-corrected chi connectivity index (χ2v) is 15.4. The molecular weight excluding hydrogens is 808 g/mol. The summed E-state index contributed by atoms with van der Waals surface area (Å²) in [6.45, 7) is 14.4. The monoisotopic (exact) mass is 864 g/mol. The number of H-pyrrole nitrogens is 2. The SMILES string of the molecule is CCC[C@]1(CC)O[C@@H](n2cc(C)c(=O)[nH]c2=O)[C@@H](N=[N+]=[N-])C1OCc1ccccc1.CCC[C@]1(CC)O[C@@H](n2cc(C)c(=O)[nH]c2=O)[C@H](C)C1OCc1ccccc1.[N-]=[N+]=[N-].[Na+]. The molecule has 8 atom stereocenters. The Balaban J connectivity index is 0.000000307. The summed E-state index contributed by atoms with van der Waals surface area (Å²) in [5.41, 5.74) is 22.6. The first-order valence-corrected chi connectivity index (χ1v) is 20.6. The van der Waals surface area contributed by atoms with Gasteiger partial charge in [0.05, 0.1) is 36.6 Å². The molecule has 328 valence electrons. The predicted octanol–water partition coefficient (Wildman–Crippen LogP) is 5.00. The number of aromatic nitrogens is 4. The van der Waals surface area contributed by atoms with Gasteiger partial charge in [0.15, 0.2) is 0 Å². The molecule has 0 radical (unpaired) electrons. The van der Waals surface area contributed by atoms with E-state index in [2.05, 4.69) is 40.8 Å². The van der Waals surface area contributed by atoms with Gasteiger partial charge < -0.3 is 30.0 Å². The Labute approximate surface area is 382 Å². The quantitative estimate of drug-likeness (QED) is 0.0710. The van der Waals surface area contributed by atoms with Crippen molar-refractivity contribution in [3.8, 4) is 0 Å². The first-order chi connectivity index (χ1) is 29.3. The summed E-state index contributed by atoms with van der Waals surface area (Å²) in [4.78, 5) is 57.7. The summed E-state index contributed by atoms with van der Waals surface area (Å²) >= 11 is 0. The minimum absolute atomic E-state index is 0. The van der Waals surface area contributed by atoms with Crippen LogP contribution in [0.25, 0.3) is 26.4 Å². The van der Waals surface area contributed by atoms with Crippen molar-refractivity contribution >= 4 is 0 Å². The predicted molar refractivity (Wildman–Crippen MR) is 230 cm³/mol. The number of hydrogen-bond acceptors (Lipinski definition) is 9. The molecule has 4 heterocycles. The second kappa shape index (κ2) is 24.2. The Kier molecular flexibility index (Phi) is 20.1. The molecule has 0 aliphatic carbocycles. The van der Waals surface area contributed by atoms with Gasteiger partial charge in [0.1, 0.15) is 18.5 Å². The van der Waals surface area contributed by atoms with Crippen LogP contribution < -0.4 is 52.1 Å². The maximum atomic E-state index is 12.5. The van der Waals surface area contributed by atoms with Crippen molar-refractivity contribution in [3.63, 3.8) is 0 Å². The van der Waals surface area contributed by atoms with Crippen LogP contribution in [0.3, 0.4) is 0 Å². The second-order valence-electron chi connectivity index (χ2n) is 15.4. The summed E-state index contributed by atoms with van der Waals surface area (Å²) < 4.78 is 28.4. The van der Waals surface area contributed by atoms with Gasteiger partial charge in [0, 0.05) is 34.4 Å². The molecule has 19 heteroatoms. The molecule has 0 saturated carbocycles. The number of rotatable bonds is 15. The van der Waals surface area contributed by atoms with E-state index in [0.29, 0.717) is 37.2 Å². The van der Waals surface area contributed by atoms with Gasteiger partial charge in [-0.3, -0.25) is 33.6 Å². The third-order valence-corrected chi connectivity index (χ3v) is 11.4.